The van der Waals surface area contributed by atoms with E-state index >= 15 is 0 Å². The van der Waals surface area contributed by atoms with Gasteiger partial charge in [-0.15, -0.1) is 0 Å². The second-order valence-electron chi connectivity index (χ2n) is 7.22. The first-order valence-electron chi connectivity index (χ1n) is 10.2. The molecule has 0 aromatic heterocycles. The molecule has 180 valence electrons. The predicted octanol–water partition coefficient (Wildman–Crippen LogP) is 1.07. The molecule has 2 aromatic rings. The van der Waals surface area contributed by atoms with Crippen molar-refractivity contribution in [2.24, 2.45) is 0 Å². The van der Waals surface area contributed by atoms with Crippen molar-refractivity contribution in [2.45, 2.75) is 31.2 Å². The SMILES string of the molecule is COc1ccc(COC(=O)C(O)N2C(=O)[C@H](NC(=O)COc3ccccc3)[C@@H]2SC(C)=O)cc1. The molecule has 2 amide bonds. The van der Waals surface area contributed by atoms with Crippen LogP contribution in [0, 0.1) is 0 Å². The van der Waals surface area contributed by atoms with Gasteiger partial charge in [0.05, 0.1) is 7.11 Å². The number of amides is 2. The molecule has 0 bridgehead atoms. The second kappa shape index (κ2) is 11.5. The van der Waals surface area contributed by atoms with Gasteiger partial charge in [0.15, 0.2) is 11.7 Å². The van der Waals surface area contributed by atoms with Crippen molar-refractivity contribution in [2.75, 3.05) is 13.7 Å². The van der Waals surface area contributed by atoms with E-state index in [1.807, 2.05) is 0 Å². The lowest BCUT2D eigenvalue weighted by atomic mass is 10.1. The Balaban J connectivity index is 1.56. The number of carbonyl (C=O) groups is 4. The predicted molar refractivity (Wildman–Crippen MR) is 122 cm³/mol. The van der Waals surface area contributed by atoms with Gasteiger partial charge in [0.2, 0.25) is 6.23 Å². The van der Waals surface area contributed by atoms with Gasteiger partial charge in [-0.25, -0.2) is 4.79 Å². The topological polar surface area (TPSA) is 131 Å². The first-order valence-corrected chi connectivity index (χ1v) is 11.1. The molecular weight excluding hydrogens is 464 g/mol. The van der Waals surface area contributed by atoms with E-state index in [2.05, 4.69) is 5.32 Å². The maximum absolute atomic E-state index is 12.6. The van der Waals surface area contributed by atoms with E-state index in [0.717, 1.165) is 4.90 Å². The first kappa shape index (κ1) is 25.1. The second-order valence-corrected chi connectivity index (χ2v) is 8.52. The van der Waals surface area contributed by atoms with Crippen molar-refractivity contribution in [3.05, 3.63) is 60.2 Å². The van der Waals surface area contributed by atoms with Gasteiger partial charge in [-0.05, 0) is 29.8 Å². The van der Waals surface area contributed by atoms with Crippen molar-refractivity contribution in [1.29, 1.82) is 0 Å². The molecule has 0 aliphatic carbocycles. The van der Waals surface area contributed by atoms with Crippen LogP contribution in [0.25, 0.3) is 0 Å². The van der Waals surface area contributed by atoms with E-state index in [4.69, 9.17) is 14.2 Å². The number of rotatable bonds is 10. The molecule has 3 atom stereocenters. The van der Waals surface area contributed by atoms with Gasteiger partial charge in [-0.2, -0.15) is 0 Å². The van der Waals surface area contributed by atoms with E-state index in [0.29, 0.717) is 28.8 Å². The number of para-hydroxylation sites is 1. The number of methoxy groups -OCH3 is 1. The van der Waals surface area contributed by atoms with Crippen LogP contribution < -0.4 is 14.8 Å². The normalized spacial score (nSPS) is 17.9. The Labute approximate surface area is 200 Å². The van der Waals surface area contributed by atoms with E-state index in [-0.39, 0.29) is 18.3 Å². The fraction of sp³-hybridized carbons (Fsp3) is 0.304. The van der Waals surface area contributed by atoms with Crippen molar-refractivity contribution in [3.8, 4) is 11.5 Å². The molecule has 0 spiro atoms. The summed E-state index contributed by atoms with van der Waals surface area (Å²) in [6.07, 6.45) is -1.93. The summed E-state index contributed by atoms with van der Waals surface area (Å²) in [5.41, 5.74) is 0.648. The Bertz CT molecular complexity index is 1030. The van der Waals surface area contributed by atoms with Crippen LogP contribution in [0.15, 0.2) is 54.6 Å². The summed E-state index contributed by atoms with van der Waals surface area (Å²) in [5, 5.41) is 11.5. The number of carbonyl (C=O) groups excluding carboxylic acids is 4. The zero-order valence-corrected chi connectivity index (χ0v) is 19.3. The number of benzene rings is 2. The van der Waals surface area contributed by atoms with Crippen LogP contribution in [0.3, 0.4) is 0 Å². The molecule has 2 aromatic carbocycles. The number of thioether (sulfide) groups is 1. The van der Waals surface area contributed by atoms with Crippen LogP contribution in [-0.4, -0.2) is 64.3 Å². The van der Waals surface area contributed by atoms with Gasteiger partial charge in [-0.1, -0.05) is 42.1 Å². The summed E-state index contributed by atoms with van der Waals surface area (Å²) in [7, 11) is 1.52. The van der Waals surface area contributed by atoms with Gasteiger partial charge in [0.1, 0.15) is 29.5 Å². The molecule has 1 saturated heterocycles. The van der Waals surface area contributed by atoms with Crippen molar-refractivity contribution in [1.82, 2.24) is 10.2 Å². The quantitative estimate of drug-likeness (QED) is 0.372. The third-order valence-electron chi connectivity index (χ3n) is 4.81. The summed E-state index contributed by atoms with van der Waals surface area (Å²) in [5.74, 6) is -1.26. The van der Waals surface area contributed by atoms with Crippen molar-refractivity contribution in [3.63, 3.8) is 0 Å². The van der Waals surface area contributed by atoms with Gasteiger partial charge >= 0.3 is 5.97 Å². The summed E-state index contributed by atoms with van der Waals surface area (Å²) in [6, 6.07) is 14.3. The minimum atomic E-state index is -1.93. The van der Waals surface area contributed by atoms with Crippen molar-refractivity contribution < 1.29 is 38.5 Å². The number of aliphatic hydroxyl groups is 1. The van der Waals surface area contributed by atoms with Crippen LogP contribution in [0.1, 0.15) is 12.5 Å². The first-order chi connectivity index (χ1) is 16.3. The Morgan fingerprint density at radius 2 is 1.76 bits per heavy atom. The Morgan fingerprint density at radius 3 is 2.38 bits per heavy atom. The zero-order valence-electron chi connectivity index (χ0n) is 18.5. The Hall–Kier alpha value is -3.57. The maximum Gasteiger partial charge on any atom is 0.356 e. The van der Waals surface area contributed by atoms with E-state index in [1.165, 1.54) is 14.0 Å². The van der Waals surface area contributed by atoms with Gasteiger partial charge in [0, 0.05) is 6.92 Å². The van der Waals surface area contributed by atoms with Crippen LogP contribution in [0.5, 0.6) is 11.5 Å². The number of hydrogen-bond donors (Lipinski definition) is 2. The average Bonchev–Trinajstić information content (AvgIpc) is 2.84. The minimum Gasteiger partial charge on any atom is -0.497 e. The number of β-lactam (4-membered cyclic amide) rings is 1. The molecule has 2 N–H and O–H groups in total. The number of esters is 1. The number of nitrogens with zero attached hydrogens (tertiary/aromatic N) is 1. The van der Waals surface area contributed by atoms with E-state index < -0.39 is 35.4 Å². The smallest absolute Gasteiger partial charge is 0.356 e. The fourth-order valence-electron chi connectivity index (χ4n) is 3.12. The monoisotopic (exact) mass is 488 g/mol. The molecule has 1 heterocycles. The molecule has 0 saturated carbocycles. The van der Waals surface area contributed by atoms with Crippen LogP contribution in [0.2, 0.25) is 0 Å². The molecule has 1 aliphatic rings. The molecule has 1 aliphatic heterocycles. The fourth-order valence-corrected chi connectivity index (χ4v) is 4.11. The number of hydrogen-bond acceptors (Lipinski definition) is 9. The molecular formula is C23H24N2O8S. The molecule has 1 fully saturated rings. The third-order valence-corrected chi connectivity index (χ3v) is 5.88. The lowest BCUT2D eigenvalue weighted by molar-refractivity contribution is -0.183. The number of nitrogens with one attached hydrogen (secondary N) is 1. The Kier molecular flexibility index (Phi) is 8.50. The molecule has 11 heteroatoms. The largest absolute Gasteiger partial charge is 0.497 e. The highest BCUT2D eigenvalue weighted by Crippen LogP contribution is 2.32. The number of ether oxygens (including phenoxy) is 3. The highest BCUT2D eigenvalue weighted by molar-refractivity contribution is 8.14. The highest BCUT2D eigenvalue weighted by atomic mass is 32.2. The average molecular weight is 489 g/mol. The lowest BCUT2D eigenvalue weighted by Gasteiger charge is -2.47. The van der Waals surface area contributed by atoms with Gasteiger partial charge < -0.3 is 24.6 Å². The standard InChI is InChI=1S/C23H24N2O8S/c1-14(26)34-22-19(24-18(27)13-32-17-6-4-3-5-7-17)20(28)25(22)21(29)23(30)33-12-15-8-10-16(31-2)11-9-15/h3-11,19,21-22,29H,12-13H2,1-2H3,(H,24,27)/t19-,21?,22-/m0/s1. The maximum atomic E-state index is 12.6. The van der Waals surface area contributed by atoms with Crippen molar-refractivity contribution >= 4 is 34.7 Å². The summed E-state index contributed by atoms with van der Waals surface area (Å²) in [6.45, 7) is 0.790. The molecule has 3 rings (SSSR count). The molecule has 0 radical (unpaired) electrons. The van der Waals surface area contributed by atoms with Crippen LogP contribution in [0.4, 0.5) is 0 Å². The summed E-state index contributed by atoms with van der Waals surface area (Å²) >= 11 is 0.711. The van der Waals surface area contributed by atoms with E-state index in [1.54, 1.807) is 54.6 Å². The Morgan fingerprint density at radius 1 is 1.09 bits per heavy atom. The van der Waals surface area contributed by atoms with Crippen LogP contribution in [-0.2, 0) is 30.5 Å². The third kappa shape index (κ3) is 6.27. The minimum absolute atomic E-state index is 0.135. The molecule has 34 heavy (non-hydrogen) atoms. The van der Waals surface area contributed by atoms with Gasteiger partial charge in [-0.3, -0.25) is 19.3 Å². The molecule has 1 unspecified atom stereocenters. The lowest BCUT2D eigenvalue weighted by Crippen LogP contribution is -2.73. The van der Waals surface area contributed by atoms with E-state index in [9.17, 15) is 24.3 Å². The number of aliphatic hydroxyl groups excluding tert-OH is 1. The van der Waals surface area contributed by atoms with Crippen LogP contribution >= 0.6 is 11.8 Å². The highest BCUT2D eigenvalue weighted by Gasteiger charge is 2.54. The summed E-state index contributed by atoms with van der Waals surface area (Å²) in [4.78, 5) is 49.7. The number of likely N-dealkylation sites (tertiary alicyclic amines) is 1. The summed E-state index contributed by atoms with van der Waals surface area (Å²) < 4.78 is 15.5. The van der Waals surface area contributed by atoms with Gasteiger partial charge in [0.25, 0.3) is 11.8 Å². The molecule has 10 nitrogen and oxygen atoms in total. The zero-order chi connectivity index (χ0) is 24.7.